The summed E-state index contributed by atoms with van der Waals surface area (Å²) in [7, 11) is 1.61. The van der Waals surface area contributed by atoms with Crippen molar-refractivity contribution in [2.75, 3.05) is 26.7 Å². The Morgan fingerprint density at radius 2 is 2.19 bits per heavy atom. The Bertz CT molecular complexity index is 474. The molecule has 1 aromatic carbocycles. The second-order valence-electron chi connectivity index (χ2n) is 6.04. The summed E-state index contributed by atoms with van der Waals surface area (Å²) in [6.45, 7) is 7.07. The number of ether oxygens (including phenoxy) is 1. The van der Waals surface area contributed by atoms with Crippen LogP contribution in [-0.2, 0) is 0 Å². The molecule has 1 aliphatic rings. The number of nitrogens with zero attached hydrogens (tertiary/aromatic N) is 1. The van der Waals surface area contributed by atoms with Crippen molar-refractivity contribution in [3.8, 4) is 5.75 Å². The molecular weight excluding hydrogens is 264 g/mol. The second-order valence-corrected chi connectivity index (χ2v) is 6.04. The fraction of sp³-hybridized carbons (Fsp3) is 0.588. The van der Waals surface area contributed by atoms with Crippen LogP contribution in [-0.4, -0.2) is 43.6 Å². The van der Waals surface area contributed by atoms with E-state index in [2.05, 4.69) is 19.2 Å². The van der Waals surface area contributed by atoms with E-state index in [1.165, 1.54) is 0 Å². The molecule has 0 aromatic heterocycles. The van der Waals surface area contributed by atoms with E-state index in [1.807, 2.05) is 29.2 Å². The lowest BCUT2D eigenvalue weighted by Crippen LogP contribution is -2.44. The Kier molecular flexibility index (Phi) is 5.62. The number of methoxy groups -OCH3 is 1. The third-order valence-corrected chi connectivity index (χ3v) is 3.92. The number of amides is 1. The molecule has 4 nitrogen and oxygen atoms in total. The molecule has 1 aromatic rings. The molecule has 0 saturated carbocycles. The average Bonchev–Trinajstić information content (AvgIpc) is 2.71. The van der Waals surface area contributed by atoms with E-state index in [0.29, 0.717) is 17.2 Å². The van der Waals surface area contributed by atoms with Gasteiger partial charge in [0.25, 0.3) is 5.91 Å². The van der Waals surface area contributed by atoms with Gasteiger partial charge < -0.3 is 15.0 Å². The number of para-hydroxylation sites is 1. The molecule has 1 amide bonds. The number of rotatable bonds is 4. The molecule has 1 aliphatic heterocycles. The normalized spacial score (nSPS) is 19.4. The number of nitrogens with one attached hydrogen (secondary N) is 1. The smallest absolute Gasteiger partial charge is 0.257 e. The predicted molar refractivity (Wildman–Crippen MR) is 84.8 cm³/mol. The molecule has 116 valence electrons. The molecule has 2 rings (SSSR count). The van der Waals surface area contributed by atoms with Crippen molar-refractivity contribution in [1.29, 1.82) is 0 Å². The molecule has 1 N–H and O–H groups in total. The SMILES string of the molecule is COc1ccccc1C(=O)N1CCCNCC1CC(C)C. The van der Waals surface area contributed by atoms with Crippen molar-refractivity contribution < 1.29 is 9.53 Å². The van der Waals surface area contributed by atoms with Crippen LogP contribution >= 0.6 is 0 Å². The maximum absolute atomic E-state index is 12.9. The topological polar surface area (TPSA) is 41.6 Å². The fourth-order valence-corrected chi connectivity index (χ4v) is 2.93. The summed E-state index contributed by atoms with van der Waals surface area (Å²) in [4.78, 5) is 15.0. The van der Waals surface area contributed by atoms with Crippen molar-refractivity contribution >= 4 is 5.91 Å². The Morgan fingerprint density at radius 3 is 2.90 bits per heavy atom. The van der Waals surface area contributed by atoms with Gasteiger partial charge in [0.05, 0.1) is 12.7 Å². The summed E-state index contributed by atoms with van der Waals surface area (Å²) >= 11 is 0. The first kappa shape index (κ1) is 15.8. The van der Waals surface area contributed by atoms with Crippen LogP contribution < -0.4 is 10.1 Å². The fourth-order valence-electron chi connectivity index (χ4n) is 2.93. The molecule has 1 fully saturated rings. The summed E-state index contributed by atoms with van der Waals surface area (Å²) in [5.41, 5.74) is 0.663. The quantitative estimate of drug-likeness (QED) is 0.926. The minimum absolute atomic E-state index is 0.0850. The van der Waals surface area contributed by atoms with Gasteiger partial charge in [0.2, 0.25) is 0 Å². The van der Waals surface area contributed by atoms with Gasteiger partial charge in [-0.15, -0.1) is 0 Å². The van der Waals surface area contributed by atoms with E-state index in [9.17, 15) is 4.79 Å². The Hall–Kier alpha value is -1.55. The molecule has 4 heteroatoms. The van der Waals surface area contributed by atoms with E-state index in [1.54, 1.807) is 7.11 Å². The van der Waals surface area contributed by atoms with Gasteiger partial charge in [0.15, 0.2) is 0 Å². The second kappa shape index (κ2) is 7.46. The molecule has 1 atom stereocenters. The Morgan fingerprint density at radius 1 is 1.43 bits per heavy atom. The van der Waals surface area contributed by atoms with Crippen molar-refractivity contribution in [2.45, 2.75) is 32.7 Å². The number of carbonyl (C=O) groups excluding carboxylic acids is 1. The number of hydrogen-bond donors (Lipinski definition) is 1. The van der Waals surface area contributed by atoms with E-state index >= 15 is 0 Å². The van der Waals surface area contributed by atoms with Crippen LogP contribution in [0, 0.1) is 5.92 Å². The first-order chi connectivity index (χ1) is 10.1. The molecule has 1 unspecified atom stereocenters. The predicted octanol–water partition coefficient (Wildman–Crippen LogP) is 2.55. The maximum Gasteiger partial charge on any atom is 0.257 e. The molecular formula is C17H26N2O2. The van der Waals surface area contributed by atoms with Gasteiger partial charge in [-0.2, -0.15) is 0 Å². The lowest BCUT2D eigenvalue weighted by Gasteiger charge is -2.31. The van der Waals surface area contributed by atoms with Crippen LogP contribution in [0.4, 0.5) is 0 Å². The van der Waals surface area contributed by atoms with Crippen molar-refractivity contribution in [3.63, 3.8) is 0 Å². The zero-order valence-corrected chi connectivity index (χ0v) is 13.3. The van der Waals surface area contributed by atoms with Crippen molar-refractivity contribution in [1.82, 2.24) is 10.2 Å². The van der Waals surface area contributed by atoms with Gasteiger partial charge in [-0.3, -0.25) is 4.79 Å². The lowest BCUT2D eigenvalue weighted by atomic mass is 10.0. The maximum atomic E-state index is 12.9. The largest absolute Gasteiger partial charge is 0.496 e. The summed E-state index contributed by atoms with van der Waals surface area (Å²) in [5.74, 6) is 1.31. The third-order valence-electron chi connectivity index (χ3n) is 3.92. The molecule has 0 radical (unpaired) electrons. The first-order valence-electron chi connectivity index (χ1n) is 7.78. The standard InChI is InChI=1S/C17H26N2O2/c1-13(2)11-14-12-18-9-6-10-19(14)17(20)15-7-4-5-8-16(15)21-3/h4-5,7-8,13-14,18H,6,9-12H2,1-3H3. The van der Waals surface area contributed by atoms with E-state index in [-0.39, 0.29) is 11.9 Å². The summed E-state index contributed by atoms with van der Waals surface area (Å²) in [6.07, 6.45) is 2.02. The molecule has 0 spiro atoms. The number of carbonyl (C=O) groups is 1. The highest BCUT2D eigenvalue weighted by molar-refractivity contribution is 5.97. The zero-order chi connectivity index (χ0) is 15.2. The van der Waals surface area contributed by atoms with Crippen LogP contribution in [0.25, 0.3) is 0 Å². The van der Waals surface area contributed by atoms with Gasteiger partial charge in [0.1, 0.15) is 5.75 Å². The summed E-state index contributed by atoms with van der Waals surface area (Å²) in [5, 5.41) is 3.44. The first-order valence-corrected chi connectivity index (χ1v) is 7.78. The van der Waals surface area contributed by atoms with Gasteiger partial charge in [-0.05, 0) is 37.4 Å². The molecule has 0 bridgehead atoms. The third kappa shape index (κ3) is 3.97. The Balaban J connectivity index is 2.24. The summed E-state index contributed by atoms with van der Waals surface area (Å²) in [6, 6.07) is 7.74. The zero-order valence-electron chi connectivity index (χ0n) is 13.3. The number of hydrogen-bond acceptors (Lipinski definition) is 3. The van der Waals surface area contributed by atoms with Crippen LogP contribution in [0.15, 0.2) is 24.3 Å². The summed E-state index contributed by atoms with van der Waals surface area (Å²) < 4.78 is 5.34. The molecule has 1 heterocycles. The molecule has 0 aliphatic carbocycles. The molecule has 21 heavy (non-hydrogen) atoms. The van der Waals surface area contributed by atoms with Crippen molar-refractivity contribution in [3.05, 3.63) is 29.8 Å². The highest BCUT2D eigenvalue weighted by Gasteiger charge is 2.28. The van der Waals surface area contributed by atoms with Gasteiger partial charge in [-0.25, -0.2) is 0 Å². The van der Waals surface area contributed by atoms with E-state index in [4.69, 9.17) is 4.74 Å². The van der Waals surface area contributed by atoms with E-state index in [0.717, 1.165) is 32.5 Å². The average molecular weight is 290 g/mol. The van der Waals surface area contributed by atoms with Crippen LogP contribution in [0.3, 0.4) is 0 Å². The van der Waals surface area contributed by atoms with Gasteiger partial charge >= 0.3 is 0 Å². The minimum Gasteiger partial charge on any atom is -0.496 e. The van der Waals surface area contributed by atoms with Crippen LogP contribution in [0.2, 0.25) is 0 Å². The van der Waals surface area contributed by atoms with Crippen LogP contribution in [0.5, 0.6) is 5.75 Å². The lowest BCUT2D eigenvalue weighted by molar-refractivity contribution is 0.0669. The monoisotopic (exact) mass is 290 g/mol. The number of benzene rings is 1. The van der Waals surface area contributed by atoms with Gasteiger partial charge in [-0.1, -0.05) is 26.0 Å². The van der Waals surface area contributed by atoms with Gasteiger partial charge in [0, 0.05) is 19.1 Å². The van der Waals surface area contributed by atoms with E-state index < -0.39 is 0 Å². The highest BCUT2D eigenvalue weighted by Crippen LogP contribution is 2.23. The highest BCUT2D eigenvalue weighted by atomic mass is 16.5. The Labute approximate surface area is 127 Å². The van der Waals surface area contributed by atoms with Crippen molar-refractivity contribution in [2.24, 2.45) is 5.92 Å². The molecule has 1 saturated heterocycles. The van der Waals surface area contributed by atoms with Crippen LogP contribution in [0.1, 0.15) is 37.0 Å². The minimum atomic E-state index is 0.0850.